The second-order valence-corrected chi connectivity index (χ2v) is 9.09. The first kappa shape index (κ1) is 20.8. The second kappa shape index (κ2) is 7.36. The van der Waals surface area contributed by atoms with Crippen molar-refractivity contribution in [1.82, 2.24) is 4.90 Å². The van der Waals surface area contributed by atoms with Gasteiger partial charge in [0.15, 0.2) is 0 Å². The van der Waals surface area contributed by atoms with Crippen molar-refractivity contribution in [2.24, 2.45) is 5.92 Å². The molecule has 2 aromatic carbocycles. The van der Waals surface area contributed by atoms with Crippen LogP contribution < -0.4 is 5.32 Å². The first-order valence-electron chi connectivity index (χ1n) is 10.0. The standard InChI is InChI=1S/C23H24ClFN2O3/c1-12-7-10-15(25)18(19(12)24)21(28)26-16-6-4-5-14-11-27(22(29)17(14)16)20(13-8-9-13)23(2,3)30/h4-7,10,13,20,30H,8-9,11H2,1-3H3,(H,26,28)/t20-/m1/s1. The molecule has 1 atom stereocenters. The largest absolute Gasteiger partial charge is 0.388 e. The summed E-state index contributed by atoms with van der Waals surface area (Å²) in [7, 11) is 0. The van der Waals surface area contributed by atoms with Gasteiger partial charge < -0.3 is 15.3 Å². The Hall–Kier alpha value is -2.44. The fourth-order valence-corrected chi connectivity index (χ4v) is 4.63. The number of nitrogens with zero attached hydrogens (tertiary/aromatic N) is 1. The maximum Gasteiger partial charge on any atom is 0.260 e. The van der Waals surface area contributed by atoms with E-state index in [0.717, 1.165) is 18.4 Å². The first-order chi connectivity index (χ1) is 14.1. The number of rotatable bonds is 5. The van der Waals surface area contributed by atoms with Gasteiger partial charge >= 0.3 is 0 Å². The van der Waals surface area contributed by atoms with Crippen molar-refractivity contribution in [3.05, 3.63) is 63.4 Å². The molecule has 0 saturated heterocycles. The van der Waals surface area contributed by atoms with Crippen LogP contribution in [0, 0.1) is 18.7 Å². The van der Waals surface area contributed by atoms with E-state index in [1.54, 1.807) is 37.8 Å². The van der Waals surface area contributed by atoms with Gasteiger partial charge in [0.25, 0.3) is 11.8 Å². The van der Waals surface area contributed by atoms with E-state index in [4.69, 9.17) is 11.6 Å². The highest BCUT2D eigenvalue weighted by Gasteiger charge is 2.48. The number of carbonyl (C=O) groups is 2. The smallest absolute Gasteiger partial charge is 0.260 e. The van der Waals surface area contributed by atoms with E-state index in [0.29, 0.717) is 23.4 Å². The van der Waals surface area contributed by atoms with E-state index in [-0.39, 0.29) is 28.5 Å². The maximum absolute atomic E-state index is 14.3. The molecule has 4 rings (SSSR count). The second-order valence-electron chi connectivity index (χ2n) is 8.72. The molecule has 1 saturated carbocycles. The number of amides is 2. The molecule has 2 aliphatic rings. The molecule has 0 radical (unpaired) electrons. The van der Waals surface area contributed by atoms with Crippen LogP contribution in [-0.2, 0) is 6.54 Å². The summed E-state index contributed by atoms with van der Waals surface area (Å²) in [6.07, 6.45) is 1.95. The fraction of sp³-hybridized carbons (Fsp3) is 0.391. The van der Waals surface area contributed by atoms with Crippen molar-refractivity contribution >= 4 is 29.1 Å². The lowest BCUT2D eigenvalue weighted by molar-refractivity contribution is -0.0224. The van der Waals surface area contributed by atoms with Crippen LogP contribution >= 0.6 is 11.6 Å². The highest BCUT2D eigenvalue weighted by Crippen LogP contribution is 2.43. The Bertz CT molecular complexity index is 1040. The number of hydrogen-bond acceptors (Lipinski definition) is 3. The molecule has 2 aromatic rings. The Labute approximate surface area is 179 Å². The Morgan fingerprint density at radius 3 is 2.63 bits per heavy atom. The molecule has 30 heavy (non-hydrogen) atoms. The number of aliphatic hydroxyl groups is 1. The molecule has 1 aliphatic heterocycles. The summed E-state index contributed by atoms with van der Waals surface area (Å²) in [6, 6.07) is 7.60. The normalized spacial score (nSPS) is 17.1. The van der Waals surface area contributed by atoms with Gasteiger partial charge in [0.2, 0.25) is 0 Å². The molecule has 0 unspecified atom stereocenters. The van der Waals surface area contributed by atoms with Crippen LogP contribution in [0.5, 0.6) is 0 Å². The number of halogens is 2. The Balaban J connectivity index is 1.66. The number of carbonyl (C=O) groups excluding carboxylic acids is 2. The maximum atomic E-state index is 14.3. The predicted molar refractivity (Wildman–Crippen MR) is 113 cm³/mol. The van der Waals surface area contributed by atoms with Crippen molar-refractivity contribution < 1.29 is 19.1 Å². The molecule has 158 valence electrons. The summed E-state index contributed by atoms with van der Waals surface area (Å²) in [5.74, 6) is -1.40. The Morgan fingerprint density at radius 1 is 1.30 bits per heavy atom. The highest BCUT2D eigenvalue weighted by molar-refractivity contribution is 6.35. The number of fused-ring (bicyclic) bond motifs is 1. The quantitative estimate of drug-likeness (QED) is 0.731. The summed E-state index contributed by atoms with van der Waals surface area (Å²) in [6.45, 7) is 5.49. The molecule has 1 aliphatic carbocycles. The van der Waals surface area contributed by atoms with Crippen LogP contribution in [0.15, 0.2) is 30.3 Å². The zero-order chi connectivity index (χ0) is 21.8. The minimum absolute atomic E-state index is 0.0452. The molecule has 0 aromatic heterocycles. The molecule has 5 nitrogen and oxygen atoms in total. The lowest BCUT2D eigenvalue weighted by Gasteiger charge is -2.37. The number of aryl methyl sites for hydroxylation is 1. The van der Waals surface area contributed by atoms with Crippen molar-refractivity contribution in [3.63, 3.8) is 0 Å². The first-order valence-corrected chi connectivity index (χ1v) is 10.4. The minimum Gasteiger partial charge on any atom is -0.388 e. The monoisotopic (exact) mass is 430 g/mol. The van der Waals surface area contributed by atoms with Gasteiger partial charge in [-0.3, -0.25) is 9.59 Å². The number of benzene rings is 2. The zero-order valence-corrected chi connectivity index (χ0v) is 17.9. The van der Waals surface area contributed by atoms with Gasteiger partial charge in [-0.15, -0.1) is 0 Å². The average molecular weight is 431 g/mol. The number of anilines is 1. The number of nitrogens with one attached hydrogen (secondary N) is 1. The van der Waals surface area contributed by atoms with Gasteiger partial charge in [-0.25, -0.2) is 4.39 Å². The molecule has 2 N–H and O–H groups in total. The Morgan fingerprint density at radius 2 is 2.00 bits per heavy atom. The van der Waals surface area contributed by atoms with Gasteiger partial charge in [0.1, 0.15) is 5.82 Å². The summed E-state index contributed by atoms with van der Waals surface area (Å²) in [5, 5.41) is 13.4. The highest BCUT2D eigenvalue weighted by atomic mass is 35.5. The Kier molecular flexibility index (Phi) is 5.11. The molecule has 2 amide bonds. The van der Waals surface area contributed by atoms with Crippen LogP contribution in [0.25, 0.3) is 0 Å². The van der Waals surface area contributed by atoms with Crippen LogP contribution in [0.2, 0.25) is 5.02 Å². The van der Waals surface area contributed by atoms with Crippen molar-refractivity contribution in [2.75, 3.05) is 5.32 Å². The summed E-state index contributed by atoms with van der Waals surface area (Å²) in [5.41, 5.74) is 0.756. The zero-order valence-electron chi connectivity index (χ0n) is 17.1. The van der Waals surface area contributed by atoms with E-state index in [1.165, 1.54) is 12.1 Å². The van der Waals surface area contributed by atoms with E-state index in [2.05, 4.69) is 5.32 Å². The summed E-state index contributed by atoms with van der Waals surface area (Å²) in [4.78, 5) is 27.8. The predicted octanol–water partition coefficient (Wildman–Crippen LogP) is 4.55. The van der Waals surface area contributed by atoms with E-state index in [9.17, 15) is 19.1 Å². The molecule has 0 spiro atoms. The lowest BCUT2D eigenvalue weighted by atomic mass is 9.93. The molecular weight excluding hydrogens is 407 g/mol. The van der Waals surface area contributed by atoms with Crippen LogP contribution in [0.3, 0.4) is 0 Å². The lowest BCUT2D eigenvalue weighted by Crippen LogP contribution is -2.51. The summed E-state index contributed by atoms with van der Waals surface area (Å²) >= 11 is 6.16. The number of hydrogen-bond donors (Lipinski definition) is 2. The van der Waals surface area contributed by atoms with Crippen molar-refractivity contribution in [2.45, 2.75) is 51.8 Å². The SMILES string of the molecule is Cc1ccc(F)c(C(=O)Nc2cccc3c2C(=O)N([C@H](C2CC2)C(C)(C)O)C3)c1Cl. The van der Waals surface area contributed by atoms with Gasteiger partial charge in [-0.1, -0.05) is 29.8 Å². The van der Waals surface area contributed by atoms with Gasteiger partial charge in [0.05, 0.1) is 33.5 Å². The van der Waals surface area contributed by atoms with E-state index >= 15 is 0 Å². The molecule has 0 bridgehead atoms. The van der Waals surface area contributed by atoms with Crippen LogP contribution in [-0.4, -0.2) is 33.5 Å². The van der Waals surface area contributed by atoms with Crippen LogP contribution in [0.1, 0.15) is 58.5 Å². The van der Waals surface area contributed by atoms with Crippen molar-refractivity contribution in [3.8, 4) is 0 Å². The fourth-order valence-electron chi connectivity index (χ4n) is 4.39. The van der Waals surface area contributed by atoms with Gasteiger partial charge in [0, 0.05) is 6.54 Å². The topological polar surface area (TPSA) is 69.6 Å². The molecule has 7 heteroatoms. The third-order valence-corrected chi connectivity index (χ3v) is 6.34. The minimum atomic E-state index is -1.04. The average Bonchev–Trinajstić information content (AvgIpc) is 3.42. The van der Waals surface area contributed by atoms with Gasteiger partial charge in [-0.05, 0) is 62.8 Å². The van der Waals surface area contributed by atoms with E-state index in [1.807, 2.05) is 6.07 Å². The van der Waals surface area contributed by atoms with E-state index < -0.39 is 17.3 Å². The third-order valence-electron chi connectivity index (χ3n) is 5.85. The summed E-state index contributed by atoms with van der Waals surface area (Å²) < 4.78 is 14.3. The van der Waals surface area contributed by atoms with Crippen LogP contribution in [0.4, 0.5) is 10.1 Å². The molecular formula is C23H24ClFN2O3. The third kappa shape index (κ3) is 3.59. The molecule has 1 fully saturated rings. The molecule has 1 heterocycles. The van der Waals surface area contributed by atoms with Gasteiger partial charge in [-0.2, -0.15) is 0 Å². The van der Waals surface area contributed by atoms with Crippen molar-refractivity contribution in [1.29, 1.82) is 0 Å².